The fraction of sp³-hybridized carbons (Fsp3) is 0.273. The summed E-state index contributed by atoms with van der Waals surface area (Å²) in [7, 11) is 0. The van der Waals surface area contributed by atoms with E-state index in [4.69, 9.17) is 0 Å². The van der Waals surface area contributed by atoms with Crippen molar-refractivity contribution in [2.75, 3.05) is 0 Å². The van der Waals surface area contributed by atoms with E-state index in [-0.39, 0.29) is 11.6 Å². The molecule has 1 atom stereocenters. The largest absolute Gasteiger partial charge is 0.346 e. The summed E-state index contributed by atoms with van der Waals surface area (Å²) in [6, 6.07) is 5.26. The molecule has 1 aromatic carbocycles. The van der Waals surface area contributed by atoms with Crippen LogP contribution in [0.3, 0.4) is 0 Å². The number of amides is 1. The summed E-state index contributed by atoms with van der Waals surface area (Å²) >= 11 is 0. The first-order valence-corrected chi connectivity index (χ1v) is 4.98. The Hall–Kier alpha value is -2.24. The Kier molecular flexibility index (Phi) is 4.33. The fourth-order valence-corrected chi connectivity index (χ4v) is 1.40. The highest BCUT2D eigenvalue weighted by atomic mass is 16.6. The molecule has 0 spiro atoms. The first kappa shape index (κ1) is 12.8. The lowest BCUT2D eigenvalue weighted by atomic mass is 10.1. The molecule has 0 radical (unpaired) electrons. The molecule has 0 heterocycles. The van der Waals surface area contributed by atoms with Crippen molar-refractivity contribution in [1.82, 2.24) is 5.32 Å². The first-order chi connectivity index (χ1) is 8.02. The Morgan fingerprint density at radius 2 is 2.06 bits per heavy atom. The number of benzene rings is 1. The van der Waals surface area contributed by atoms with Gasteiger partial charge in [-0.1, -0.05) is 12.1 Å². The van der Waals surface area contributed by atoms with E-state index < -0.39 is 11.0 Å². The summed E-state index contributed by atoms with van der Waals surface area (Å²) in [4.78, 5) is 31.4. The van der Waals surface area contributed by atoms with Crippen LogP contribution in [-0.2, 0) is 16.0 Å². The van der Waals surface area contributed by atoms with Gasteiger partial charge in [-0.3, -0.25) is 14.9 Å². The number of nitro groups is 1. The van der Waals surface area contributed by atoms with Crippen LogP contribution < -0.4 is 5.32 Å². The molecule has 0 aliphatic rings. The summed E-state index contributed by atoms with van der Waals surface area (Å²) in [6.07, 6.45) is 0.962. The quantitative estimate of drug-likeness (QED) is 0.466. The van der Waals surface area contributed by atoms with E-state index in [1.807, 2.05) is 0 Å². The van der Waals surface area contributed by atoms with E-state index in [0.717, 1.165) is 5.56 Å². The van der Waals surface area contributed by atoms with E-state index in [2.05, 4.69) is 5.32 Å². The molecule has 6 nitrogen and oxygen atoms in total. The van der Waals surface area contributed by atoms with Crippen LogP contribution in [0.2, 0.25) is 0 Å². The van der Waals surface area contributed by atoms with Crippen LogP contribution in [0.1, 0.15) is 12.5 Å². The van der Waals surface area contributed by atoms with Gasteiger partial charge < -0.3 is 10.1 Å². The highest BCUT2D eigenvalue weighted by molar-refractivity contribution is 5.77. The fourth-order valence-electron chi connectivity index (χ4n) is 1.40. The third-order valence-corrected chi connectivity index (χ3v) is 2.16. The molecule has 90 valence electrons. The van der Waals surface area contributed by atoms with Gasteiger partial charge in [-0.15, -0.1) is 0 Å². The number of nitrogens with one attached hydrogen (secondary N) is 1. The Morgan fingerprint density at radius 3 is 2.47 bits per heavy atom. The van der Waals surface area contributed by atoms with Gasteiger partial charge in [0.25, 0.3) is 5.69 Å². The van der Waals surface area contributed by atoms with Crippen LogP contribution in [0.25, 0.3) is 0 Å². The predicted octanol–water partition coefficient (Wildman–Crippen LogP) is 0.841. The van der Waals surface area contributed by atoms with Crippen LogP contribution in [-0.4, -0.2) is 23.2 Å². The van der Waals surface area contributed by atoms with Gasteiger partial charge in [-0.2, -0.15) is 0 Å². The number of nitro benzene ring substituents is 1. The zero-order chi connectivity index (χ0) is 12.8. The molecule has 0 aliphatic carbocycles. The highest BCUT2D eigenvalue weighted by Gasteiger charge is 2.10. The van der Waals surface area contributed by atoms with E-state index in [0.29, 0.717) is 12.7 Å². The van der Waals surface area contributed by atoms with Crippen LogP contribution in [0, 0.1) is 10.1 Å². The topological polar surface area (TPSA) is 89.3 Å². The summed E-state index contributed by atoms with van der Waals surface area (Å²) in [5.74, 6) is -0.288. The molecule has 6 heteroatoms. The second-order valence-electron chi connectivity index (χ2n) is 3.57. The highest BCUT2D eigenvalue weighted by Crippen LogP contribution is 2.12. The molecule has 0 unspecified atom stereocenters. The number of non-ortho nitro benzene ring substituents is 1. The van der Waals surface area contributed by atoms with Crippen molar-refractivity contribution in [3.63, 3.8) is 0 Å². The molecule has 1 aromatic rings. The SMILES string of the molecule is CC(=O)N[C@H](C=O)Cc1ccc([N+](=O)[O-])cc1. The van der Waals surface area contributed by atoms with Gasteiger partial charge in [0.05, 0.1) is 11.0 Å². The molecule has 1 amide bonds. The van der Waals surface area contributed by atoms with Crippen molar-refractivity contribution in [1.29, 1.82) is 0 Å². The van der Waals surface area contributed by atoms with E-state index in [1.165, 1.54) is 19.1 Å². The summed E-state index contributed by atoms with van der Waals surface area (Å²) in [6.45, 7) is 1.33. The number of carbonyl (C=O) groups is 2. The number of hydrogen-bond donors (Lipinski definition) is 1. The lowest BCUT2D eigenvalue weighted by Crippen LogP contribution is -2.35. The normalized spacial score (nSPS) is 11.6. The van der Waals surface area contributed by atoms with E-state index in [9.17, 15) is 19.7 Å². The molecule has 0 bridgehead atoms. The van der Waals surface area contributed by atoms with Gasteiger partial charge in [0.2, 0.25) is 5.91 Å². The Labute approximate surface area is 97.8 Å². The Balaban J connectivity index is 2.70. The first-order valence-electron chi connectivity index (χ1n) is 4.98. The molecule has 1 rings (SSSR count). The zero-order valence-electron chi connectivity index (χ0n) is 9.25. The third-order valence-electron chi connectivity index (χ3n) is 2.16. The van der Waals surface area contributed by atoms with Crippen molar-refractivity contribution in [2.45, 2.75) is 19.4 Å². The molecule has 17 heavy (non-hydrogen) atoms. The number of carbonyl (C=O) groups excluding carboxylic acids is 2. The van der Waals surface area contributed by atoms with Crippen molar-refractivity contribution >= 4 is 17.9 Å². The average Bonchev–Trinajstić information content (AvgIpc) is 2.28. The molecule has 0 aromatic heterocycles. The van der Waals surface area contributed by atoms with Crippen molar-refractivity contribution in [3.8, 4) is 0 Å². The maximum absolute atomic E-state index is 10.8. The minimum absolute atomic E-state index is 0.00377. The molecule has 0 saturated carbocycles. The molecular weight excluding hydrogens is 224 g/mol. The summed E-state index contributed by atoms with van der Waals surface area (Å²) in [5.41, 5.74) is 0.748. The Bertz CT molecular complexity index is 428. The zero-order valence-corrected chi connectivity index (χ0v) is 9.25. The van der Waals surface area contributed by atoms with Crippen molar-refractivity contribution in [2.24, 2.45) is 0 Å². The average molecular weight is 236 g/mol. The second-order valence-corrected chi connectivity index (χ2v) is 3.57. The number of hydrogen-bond acceptors (Lipinski definition) is 4. The minimum Gasteiger partial charge on any atom is -0.346 e. The van der Waals surface area contributed by atoms with Gasteiger partial charge in [0, 0.05) is 19.1 Å². The molecule has 0 fully saturated rings. The Morgan fingerprint density at radius 1 is 1.47 bits per heavy atom. The molecular formula is C11H12N2O4. The van der Waals surface area contributed by atoms with Gasteiger partial charge in [-0.25, -0.2) is 0 Å². The lowest BCUT2D eigenvalue weighted by molar-refractivity contribution is -0.384. The van der Waals surface area contributed by atoms with Crippen LogP contribution >= 0.6 is 0 Å². The number of nitrogens with zero attached hydrogens (tertiary/aromatic N) is 1. The molecule has 0 saturated heterocycles. The van der Waals surface area contributed by atoms with Gasteiger partial charge in [0.1, 0.15) is 6.29 Å². The smallest absolute Gasteiger partial charge is 0.269 e. The van der Waals surface area contributed by atoms with Gasteiger partial charge >= 0.3 is 0 Å². The van der Waals surface area contributed by atoms with Gasteiger partial charge in [0.15, 0.2) is 0 Å². The maximum atomic E-state index is 10.8. The van der Waals surface area contributed by atoms with Crippen molar-refractivity contribution in [3.05, 3.63) is 39.9 Å². The molecule has 1 N–H and O–H groups in total. The monoisotopic (exact) mass is 236 g/mol. The summed E-state index contributed by atoms with van der Waals surface area (Å²) in [5, 5.41) is 12.9. The van der Waals surface area contributed by atoms with Crippen LogP contribution in [0.15, 0.2) is 24.3 Å². The number of aldehydes is 1. The minimum atomic E-state index is -0.603. The number of rotatable bonds is 5. The second kappa shape index (κ2) is 5.74. The van der Waals surface area contributed by atoms with E-state index in [1.54, 1.807) is 12.1 Å². The standard InChI is InChI=1S/C11H12N2O4/c1-8(15)12-10(7-14)6-9-2-4-11(5-3-9)13(16)17/h2-5,7,10H,6H2,1H3,(H,12,15)/t10-/m0/s1. The predicted molar refractivity (Wildman–Crippen MR) is 60.5 cm³/mol. The van der Waals surface area contributed by atoms with E-state index >= 15 is 0 Å². The lowest BCUT2D eigenvalue weighted by Gasteiger charge is -2.10. The summed E-state index contributed by atoms with van der Waals surface area (Å²) < 4.78 is 0. The van der Waals surface area contributed by atoms with Gasteiger partial charge in [-0.05, 0) is 12.0 Å². The van der Waals surface area contributed by atoms with Crippen LogP contribution in [0.5, 0.6) is 0 Å². The van der Waals surface area contributed by atoms with Crippen molar-refractivity contribution < 1.29 is 14.5 Å². The third kappa shape index (κ3) is 4.02. The maximum Gasteiger partial charge on any atom is 0.269 e. The van der Waals surface area contributed by atoms with Crippen LogP contribution in [0.4, 0.5) is 5.69 Å². The molecule has 0 aliphatic heterocycles.